The number of hydrogen-bond donors (Lipinski definition) is 2. The second-order valence-corrected chi connectivity index (χ2v) is 10.3. The molecule has 1 saturated heterocycles. The highest BCUT2D eigenvalue weighted by Crippen LogP contribution is 2.45. The predicted molar refractivity (Wildman–Crippen MR) is 153 cm³/mol. The normalized spacial score (nSPS) is 18.0. The van der Waals surface area contributed by atoms with Gasteiger partial charge in [-0.3, -0.25) is 14.5 Å². The van der Waals surface area contributed by atoms with Crippen LogP contribution in [0.3, 0.4) is 0 Å². The zero-order valence-electron chi connectivity index (χ0n) is 21.9. The third-order valence-corrected chi connectivity index (χ3v) is 7.92. The summed E-state index contributed by atoms with van der Waals surface area (Å²) in [6.07, 6.45) is 0.320. The van der Waals surface area contributed by atoms with E-state index in [1.54, 1.807) is 41.3 Å². The Morgan fingerprint density at radius 2 is 1.59 bits per heavy atom. The highest BCUT2D eigenvalue weighted by atomic mass is 19.1. The maximum atomic E-state index is 14.2. The van der Waals surface area contributed by atoms with Crippen LogP contribution in [0, 0.1) is 5.82 Å². The molecule has 0 radical (unpaired) electrons. The summed E-state index contributed by atoms with van der Waals surface area (Å²) in [6.45, 7) is 0.305. The van der Waals surface area contributed by atoms with E-state index in [-0.39, 0.29) is 23.0 Å². The van der Waals surface area contributed by atoms with Gasteiger partial charge in [-0.25, -0.2) is 14.1 Å². The first-order valence-electron chi connectivity index (χ1n) is 13.4. The molecule has 7 rings (SSSR count). The number of carbonyl (C=O) groups excluding carboxylic acids is 3. The molecule has 2 atom stereocenters. The number of imide groups is 1. The van der Waals surface area contributed by atoms with Crippen molar-refractivity contribution in [1.82, 2.24) is 15.2 Å². The van der Waals surface area contributed by atoms with Crippen LogP contribution in [-0.2, 0) is 17.8 Å². The molecule has 2 aliphatic heterocycles. The van der Waals surface area contributed by atoms with E-state index in [4.69, 9.17) is 0 Å². The first-order chi connectivity index (χ1) is 20.0. The molecule has 0 unspecified atom stereocenters. The smallest absolute Gasteiger partial charge is 0.332 e. The molecule has 0 spiro atoms. The average Bonchev–Trinajstić information content (AvgIpc) is 3.50. The molecule has 5 aromatic rings. The summed E-state index contributed by atoms with van der Waals surface area (Å²) in [6, 6.07) is 28.0. The van der Waals surface area contributed by atoms with Crippen LogP contribution in [0.5, 0.6) is 0 Å². The number of aromatic amines is 1. The Morgan fingerprint density at radius 1 is 0.878 bits per heavy atom. The van der Waals surface area contributed by atoms with Gasteiger partial charge in [-0.05, 0) is 47.0 Å². The van der Waals surface area contributed by atoms with Crippen molar-refractivity contribution in [2.24, 2.45) is 0 Å². The van der Waals surface area contributed by atoms with Crippen LogP contribution < -0.4 is 10.2 Å². The lowest BCUT2D eigenvalue weighted by Crippen LogP contribution is -2.44. The summed E-state index contributed by atoms with van der Waals surface area (Å²) in [5.41, 5.74) is 4.73. The lowest BCUT2D eigenvalue weighted by Gasteiger charge is -2.36. The number of H-pyrrole nitrogens is 1. The van der Waals surface area contributed by atoms with Gasteiger partial charge in [0.1, 0.15) is 17.9 Å². The van der Waals surface area contributed by atoms with Crippen LogP contribution in [0.25, 0.3) is 10.9 Å². The van der Waals surface area contributed by atoms with Crippen molar-refractivity contribution in [1.29, 1.82) is 0 Å². The number of amides is 4. The number of rotatable bonds is 5. The van der Waals surface area contributed by atoms with Crippen LogP contribution in [0.1, 0.15) is 38.8 Å². The monoisotopic (exact) mass is 544 g/mol. The SMILES string of the molecule is O=C(NCc1ccccc1)c1ccccc1N1C(=O)[C@@H]2Cc3c([nH]c4ccccc34)[C@@H](c3ccc(F)cc3)N2C1=O. The van der Waals surface area contributed by atoms with Crippen LogP contribution in [0.2, 0.25) is 0 Å². The van der Waals surface area contributed by atoms with E-state index in [1.165, 1.54) is 12.1 Å². The van der Waals surface area contributed by atoms with Gasteiger partial charge in [-0.2, -0.15) is 0 Å². The van der Waals surface area contributed by atoms with E-state index in [1.807, 2.05) is 54.6 Å². The van der Waals surface area contributed by atoms with E-state index < -0.39 is 24.0 Å². The zero-order chi connectivity index (χ0) is 28.1. The molecule has 0 bridgehead atoms. The number of nitrogens with zero attached hydrogens (tertiary/aromatic N) is 2. The lowest BCUT2D eigenvalue weighted by molar-refractivity contribution is -0.120. The van der Waals surface area contributed by atoms with Gasteiger partial charge in [-0.1, -0.05) is 72.8 Å². The van der Waals surface area contributed by atoms with Crippen molar-refractivity contribution in [2.45, 2.75) is 25.0 Å². The molecule has 202 valence electrons. The third-order valence-electron chi connectivity index (χ3n) is 7.92. The standard InChI is InChI=1S/C33H25FN4O3/c34-22-16-14-21(15-17-22)30-29-25(23-10-4-6-12-26(23)36-29)18-28-32(40)38(33(41)37(28)30)27-13-7-5-11-24(27)31(39)35-19-20-8-2-1-3-9-20/h1-17,28,30,36H,18-19H2,(H,35,39)/t28-,30+/m0/s1. The van der Waals surface area contributed by atoms with Crippen LogP contribution in [0.4, 0.5) is 14.9 Å². The maximum absolute atomic E-state index is 14.2. The second kappa shape index (κ2) is 9.75. The van der Waals surface area contributed by atoms with Crippen LogP contribution >= 0.6 is 0 Å². The van der Waals surface area contributed by atoms with Gasteiger partial charge in [0.2, 0.25) is 0 Å². The Bertz CT molecular complexity index is 1820. The molecule has 1 aromatic heterocycles. The largest absolute Gasteiger partial charge is 0.356 e. The summed E-state index contributed by atoms with van der Waals surface area (Å²) in [4.78, 5) is 47.7. The molecular formula is C33H25FN4O3. The van der Waals surface area contributed by atoms with Gasteiger partial charge >= 0.3 is 6.03 Å². The first-order valence-corrected chi connectivity index (χ1v) is 13.4. The second-order valence-electron chi connectivity index (χ2n) is 10.3. The van der Waals surface area contributed by atoms with Crippen molar-refractivity contribution >= 4 is 34.4 Å². The fourth-order valence-corrected chi connectivity index (χ4v) is 6.02. The molecule has 2 N–H and O–H groups in total. The Hall–Kier alpha value is -5.24. The van der Waals surface area contributed by atoms with Gasteiger partial charge < -0.3 is 10.3 Å². The Kier molecular flexibility index (Phi) is 5.89. The van der Waals surface area contributed by atoms with Gasteiger partial charge in [0, 0.05) is 29.6 Å². The predicted octanol–water partition coefficient (Wildman–Crippen LogP) is 5.72. The van der Waals surface area contributed by atoms with E-state index in [0.29, 0.717) is 18.5 Å². The molecule has 4 aromatic carbocycles. The van der Waals surface area contributed by atoms with Crippen molar-refractivity contribution in [2.75, 3.05) is 4.90 Å². The minimum atomic E-state index is -0.787. The van der Waals surface area contributed by atoms with E-state index >= 15 is 0 Å². The zero-order valence-corrected chi connectivity index (χ0v) is 21.9. The number of aromatic nitrogens is 1. The molecule has 4 amide bonds. The number of hydrogen-bond acceptors (Lipinski definition) is 3. The van der Waals surface area contributed by atoms with Gasteiger partial charge in [-0.15, -0.1) is 0 Å². The first kappa shape index (κ1) is 24.8. The van der Waals surface area contributed by atoms with Crippen LogP contribution in [-0.4, -0.2) is 33.8 Å². The Morgan fingerprint density at radius 3 is 2.39 bits per heavy atom. The highest BCUT2D eigenvalue weighted by Gasteiger charge is 2.53. The maximum Gasteiger partial charge on any atom is 0.332 e. The number of fused-ring (bicyclic) bond motifs is 4. The summed E-state index contributed by atoms with van der Waals surface area (Å²) in [7, 11) is 0. The van der Waals surface area contributed by atoms with Crippen LogP contribution in [0.15, 0.2) is 103 Å². The van der Waals surface area contributed by atoms with Crippen molar-refractivity contribution in [3.8, 4) is 0 Å². The Balaban J connectivity index is 1.29. The summed E-state index contributed by atoms with van der Waals surface area (Å²) in [5.74, 6) is -1.18. The molecule has 8 heteroatoms. The number of nitrogens with one attached hydrogen (secondary N) is 2. The molecule has 7 nitrogen and oxygen atoms in total. The highest BCUT2D eigenvalue weighted by molar-refractivity contribution is 6.24. The quantitative estimate of drug-likeness (QED) is 0.278. The van der Waals surface area contributed by atoms with Gasteiger partial charge in [0.15, 0.2) is 0 Å². The van der Waals surface area contributed by atoms with E-state index in [2.05, 4.69) is 10.3 Å². The fraction of sp³-hybridized carbons (Fsp3) is 0.121. The number of halogens is 1. The van der Waals surface area contributed by atoms with Crippen molar-refractivity contribution in [3.63, 3.8) is 0 Å². The summed E-state index contributed by atoms with van der Waals surface area (Å²) >= 11 is 0. The minimum Gasteiger partial charge on any atom is -0.356 e. The van der Waals surface area contributed by atoms with E-state index in [9.17, 15) is 18.8 Å². The van der Waals surface area contributed by atoms with Gasteiger partial charge in [0.25, 0.3) is 11.8 Å². The molecule has 41 heavy (non-hydrogen) atoms. The molecule has 3 heterocycles. The third kappa shape index (κ3) is 4.07. The fourth-order valence-electron chi connectivity index (χ4n) is 6.02. The number of urea groups is 1. The number of para-hydroxylation sites is 2. The van der Waals surface area contributed by atoms with Crippen molar-refractivity contribution < 1.29 is 18.8 Å². The molecule has 0 aliphatic carbocycles. The molecular weight excluding hydrogens is 519 g/mol. The summed E-state index contributed by atoms with van der Waals surface area (Å²) in [5, 5.41) is 3.88. The minimum absolute atomic E-state index is 0.229. The molecule has 1 fully saturated rings. The Labute approximate surface area is 235 Å². The number of anilines is 1. The number of benzene rings is 4. The average molecular weight is 545 g/mol. The van der Waals surface area contributed by atoms with Gasteiger partial charge in [0.05, 0.1) is 11.3 Å². The summed E-state index contributed by atoms with van der Waals surface area (Å²) < 4.78 is 13.9. The lowest BCUT2D eigenvalue weighted by atomic mass is 9.89. The van der Waals surface area contributed by atoms with E-state index in [0.717, 1.165) is 32.6 Å². The van der Waals surface area contributed by atoms with Crippen molar-refractivity contribution in [3.05, 3.63) is 137 Å². The topological polar surface area (TPSA) is 85.5 Å². The number of carbonyl (C=O) groups is 3. The molecule has 2 aliphatic rings. The molecule has 0 saturated carbocycles.